The number of benzene rings is 1. The van der Waals surface area contributed by atoms with Gasteiger partial charge in [-0.15, -0.1) is 0 Å². The van der Waals surface area contributed by atoms with E-state index >= 15 is 0 Å². The van der Waals surface area contributed by atoms with E-state index in [1.165, 1.54) is 0 Å². The Morgan fingerprint density at radius 3 is 2.83 bits per heavy atom. The van der Waals surface area contributed by atoms with Crippen LogP contribution in [0.4, 0.5) is 5.69 Å². The highest BCUT2D eigenvalue weighted by Gasteiger charge is 2.07. The predicted octanol–water partition coefficient (Wildman–Crippen LogP) is 3.77. The van der Waals surface area contributed by atoms with Gasteiger partial charge in [-0.2, -0.15) is 5.10 Å². The van der Waals surface area contributed by atoms with Crippen LogP contribution in [0.15, 0.2) is 54.9 Å². The van der Waals surface area contributed by atoms with Crippen molar-refractivity contribution in [3.63, 3.8) is 0 Å². The van der Waals surface area contributed by atoms with Gasteiger partial charge in [0.1, 0.15) is 5.75 Å². The van der Waals surface area contributed by atoms with Crippen LogP contribution in [0.25, 0.3) is 5.52 Å². The minimum atomic E-state index is -0.144. The number of carbonyl (C=O) groups excluding carboxylic acids is 1. The van der Waals surface area contributed by atoms with Gasteiger partial charge in [0, 0.05) is 23.6 Å². The van der Waals surface area contributed by atoms with Gasteiger partial charge in [0.15, 0.2) is 0 Å². The molecule has 2 heterocycles. The number of rotatable bonds is 6. The maximum absolute atomic E-state index is 12.3. The van der Waals surface area contributed by atoms with Crippen molar-refractivity contribution in [1.82, 2.24) is 9.61 Å². The number of ether oxygens (including phenoxy) is 1. The third-order valence-corrected chi connectivity index (χ3v) is 3.54. The molecule has 0 aliphatic carbocycles. The van der Waals surface area contributed by atoms with E-state index in [2.05, 4.69) is 17.3 Å². The van der Waals surface area contributed by atoms with Crippen LogP contribution in [-0.2, 0) is 0 Å². The van der Waals surface area contributed by atoms with Gasteiger partial charge in [-0.1, -0.05) is 13.3 Å². The second kappa shape index (κ2) is 6.96. The van der Waals surface area contributed by atoms with Crippen LogP contribution < -0.4 is 10.1 Å². The first-order valence-corrected chi connectivity index (χ1v) is 7.74. The summed E-state index contributed by atoms with van der Waals surface area (Å²) in [5, 5.41) is 7.02. The number of aromatic nitrogens is 2. The zero-order chi connectivity index (χ0) is 16.1. The molecule has 3 aromatic rings. The number of amides is 1. The highest BCUT2D eigenvalue weighted by molar-refractivity contribution is 6.04. The normalized spacial score (nSPS) is 10.7. The molecular weight excluding hydrogens is 290 g/mol. The van der Waals surface area contributed by atoms with Crippen LogP contribution in [-0.4, -0.2) is 22.1 Å². The first-order chi connectivity index (χ1) is 11.3. The number of carbonyl (C=O) groups is 1. The van der Waals surface area contributed by atoms with E-state index in [1.807, 2.05) is 36.5 Å². The predicted molar refractivity (Wildman–Crippen MR) is 90.0 cm³/mol. The average Bonchev–Trinajstić information content (AvgIpc) is 3.03. The standard InChI is InChI=1S/C18H19N3O2/c1-2-3-12-23-17-6-4-14(5-7-17)18(22)20-15-9-11-21-16(13-15)8-10-19-21/h4-11,13H,2-3,12H2,1H3,(H,20,22). The molecule has 0 bridgehead atoms. The van der Waals surface area contributed by atoms with Gasteiger partial charge >= 0.3 is 0 Å². The molecule has 0 spiro atoms. The van der Waals surface area contributed by atoms with Crippen molar-refractivity contribution in [2.24, 2.45) is 0 Å². The lowest BCUT2D eigenvalue weighted by Crippen LogP contribution is -2.12. The summed E-state index contributed by atoms with van der Waals surface area (Å²) in [5.74, 6) is 0.643. The highest BCUT2D eigenvalue weighted by Crippen LogP contribution is 2.16. The molecule has 1 aromatic carbocycles. The smallest absolute Gasteiger partial charge is 0.255 e. The Morgan fingerprint density at radius 2 is 2.04 bits per heavy atom. The zero-order valence-corrected chi connectivity index (χ0v) is 13.0. The van der Waals surface area contributed by atoms with Gasteiger partial charge in [0.05, 0.1) is 12.1 Å². The van der Waals surface area contributed by atoms with Crippen molar-refractivity contribution in [2.75, 3.05) is 11.9 Å². The van der Waals surface area contributed by atoms with Crippen LogP contribution in [0, 0.1) is 0 Å². The van der Waals surface area contributed by atoms with Crippen molar-refractivity contribution < 1.29 is 9.53 Å². The van der Waals surface area contributed by atoms with Crippen LogP contribution in [0.3, 0.4) is 0 Å². The number of fused-ring (bicyclic) bond motifs is 1. The van der Waals surface area contributed by atoms with Gasteiger partial charge in [0.2, 0.25) is 0 Å². The van der Waals surface area contributed by atoms with Gasteiger partial charge in [-0.05, 0) is 48.9 Å². The molecule has 1 N–H and O–H groups in total. The molecule has 1 amide bonds. The molecule has 0 unspecified atom stereocenters. The van der Waals surface area contributed by atoms with Crippen LogP contribution in [0.5, 0.6) is 5.75 Å². The second-order valence-corrected chi connectivity index (χ2v) is 5.30. The molecule has 0 atom stereocenters. The van der Waals surface area contributed by atoms with E-state index in [1.54, 1.807) is 22.8 Å². The molecule has 118 valence electrons. The van der Waals surface area contributed by atoms with Crippen molar-refractivity contribution in [1.29, 1.82) is 0 Å². The van der Waals surface area contributed by atoms with Crippen molar-refractivity contribution in [3.8, 4) is 5.75 Å². The van der Waals surface area contributed by atoms with Gasteiger partial charge in [0.25, 0.3) is 5.91 Å². The lowest BCUT2D eigenvalue weighted by molar-refractivity contribution is 0.102. The summed E-state index contributed by atoms with van der Waals surface area (Å²) in [4.78, 5) is 12.3. The fraction of sp³-hybridized carbons (Fsp3) is 0.222. The molecule has 3 rings (SSSR count). The average molecular weight is 309 g/mol. The van der Waals surface area contributed by atoms with Gasteiger partial charge < -0.3 is 10.1 Å². The Morgan fingerprint density at radius 1 is 1.22 bits per heavy atom. The van der Waals surface area contributed by atoms with Crippen molar-refractivity contribution >= 4 is 17.1 Å². The number of hydrogen-bond donors (Lipinski definition) is 1. The first kappa shape index (κ1) is 15.1. The maximum Gasteiger partial charge on any atom is 0.255 e. The monoisotopic (exact) mass is 309 g/mol. The Kier molecular flexibility index (Phi) is 4.57. The van der Waals surface area contributed by atoms with Crippen LogP contribution >= 0.6 is 0 Å². The van der Waals surface area contributed by atoms with E-state index in [9.17, 15) is 4.79 Å². The molecule has 5 nitrogen and oxygen atoms in total. The number of nitrogens with one attached hydrogen (secondary N) is 1. The summed E-state index contributed by atoms with van der Waals surface area (Å²) in [5.41, 5.74) is 2.27. The Labute approximate surface area is 134 Å². The number of nitrogens with zero attached hydrogens (tertiary/aromatic N) is 2. The number of hydrogen-bond acceptors (Lipinski definition) is 3. The quantitative estimate of drug-likeness (QED) is 0.705. The molecular formula is C18H19N3O2. The van der Waals surface area contributed by atoms with E-state index in [-0.39, 0.29) is 5.91 Å². The molecule has 2 aromatic heterocycles. The largest absolute Gasteiger partial charge is 0.494 e. The summed E-state index contributed by atoms with van der Waals surface area (Å²) >= 11 is 0. The maximum atomic E-state index is 12.3. The molecule has 5 heteroatoms. The van der Waals surface area contributed by atoms with E-state index in [0.717, 1.165) is 29.8 Å². The molecule has 0 saturated carbocycles. The third-order valence-electron chi connectivity index (χ3n) is 3.54. The molecule has 0 aliphatic heterocycles. The van der Waals surface area contributed by atoms with E-state index in [4.69, 9.17) is 4.74 Å². The number of unbranched alkanes of at least 4 members (excludes halogenated alkanes) is 1. The van der Waals surface area contributed by atoms with E-state index in [0.29, 0.717) is 12.2 Å². The fourth-order valence-electron chi connectivity index (χ4n) is 2.24. The first-order valence-electron chi connectivity index (χ1n) is 7.74. The molecule has 0 fully saturated rings. The lowest BCUT2D eigenvalue weighted by atomic mass is 10.2. The van der Waals surface area contributed by atoms with Crippen molar-refractivity contribution in [3.05, 3.63) is 60.4 Å². The molecule has 0 aliphatic rings. The zero-order valence-electron chi connectivity index (χ0n) is 13.0. The summed E-state index contributed by atoms with van der Waals surface area (Å²) in [6, 6.07) is 12.8. The minimum Gasteiger partial charge on any atom is -0.494 e. The molecule has 23 heavy (non-hydrogen) atoms. The number of pyridine rings is 1. The topological polar surface area (TPSA) is 55.6 Å². The SMILES string of the molecule is CCCCOc1ccc(C(=O)Nc2ccn3nccc3c2)cc1. The van der Waals surface area contributed by atoms with Gasteiger partial charge in [-0.3, -0.25) is 4.79 Å². The van der Waals surface area contributed by atoms with E-state index < -0.39 is 0 Å². The van der Waals surface area contributed by atoms with Gasteiger partial charge in [-0.25, -0.2) is 4.52 Å². The second-order valence-electron chi connectivity index (χ2n) is 5.30. The highest BCUT2D eigenvalue weighted by atomic mass is 16.5. The fourth-order valence-corrected chi connectivity index (χ4v) is 2.24. The molecule has 0 radical (unpaired) electrons. The Hall–Kier alpha value is -2.82. The summed E-state index contributed by atoms with van der Waals surface area (Å²) in [6.07, 6.45) is 5.66. The minimum absolute atomic E-state index is 0.144. The third kappa shape index (κ3) is 3.69. The summed E-state index contributed by atoms with van der Waals surface area (Å²) < 4.78 is 7.35. The van der Waals surface area contributed by atoms with Crippen molar-refractivity contribution in [2.45, 2.75) is 19.8 Å². The Bertz CT molecular complexity index is 793. The molecule has 0 saturated heterocycles. The summed E-state index contributed by atoms with van der Waals surface area (Å²) in [6.45, 7) is 2.82. The van der Waals surface area contributed by atoms with Crippen LogP contribution in [0.2, 0.25) is 0 Å². The van der Waals surface area contributed by atoms with Crippen LogP contribution in [0.1, 0.15) is 30.1 Å². The lowest BCUT2D eigenvalue weighted by Gasteiger charge is -2.08. The summed E-state index contributed by atoms with van der Waals surface area (Å²) in [7, 11) is 0. The number of anilines is 1. The Balaban J connectivity index is 1.65.